The van der Waals surface area contributed by atoms with Crippen LogP contribution in [0.5, 0.6) is 0 Å². The van der Waals surface area contributed by atoms with E-state index in [0.29, 0.717) is 0 Å². The third-order valence-electron chi connectivity index (χ3n) is 18.9. The predicted molar refractivity (Wildman–Crippen MR) is 316 cm³/mol. The SMILES string of the molecule is Cc1ccc(-c2cc3c(c4c2oc2ccccc24)-c2ccc(N(c4ccc5c(c4)C(C)(C)c4c6c(c7c(oc8ccccc87)c4-5)-c4ccccc4C6(C)C)c4cccc5c4-c4ccccc4C5(C)C)cc2C3(C)C)cc1. The second-order valence-corrected chi connectivity index (χ2v) is 24.4. The molecule has 0 aliphatic heterocycles. The molecule has 0 saturated heterocycles. The maximum Gasteiger partial charge on any atom is 0.144 e. The fourth-order valence-electron chi connectivity index (χ4n) is 15.2. The highest BCUT2D eigenvalue weighted by atomic mass is 16.3. The quantitative estimate of drug-likeness (QED) is 0.176. The van der Waals surface area contributed by atoms with E-state index in [-0.39, 0.29) is 21.7 Å². The van der Waals surface area contributed by atoms with E-state index in [1.54, 1.807) is 0 Å². The lowest BCUT2D eigenvalue weighted by Gasteiger charge is -2.32. The number of furan rings is 2. The van der Waals surface area contributed by atoms with Crippen molar-refractivity contribution in [2.24, 2.45) is 0 Å². The van der Waals surface area contributed by atoms with Gasteiger partial charge in [-0.05, 0) is 139 Å². The zero-order valence-electron chi connectivity index (χ0n) is 44.6. The second kappa shape index (κ2) is 14.5. The van der Waals surface area contributed by atoms with E-state index in [1.165, 1.54) is 116 Å². The van der Waals surface area contributed by atoms with Crippen molar-refractivity contribution >= 4 is 60.9 Å². The van der Waals surface area contributed by atoms with Crippen LogP contribution in [-0.2, 0) is 21.7 Å². The number of benzene rings is 10. The Labute approximate surface area is 444 Å². The molecule has 0 saturated carbocycles. The summed E-state index contributed by atoms with van der Waals surface area (Å²) in [5.41, 5.74) is 30.7. The zero-order valence-corrected chi connectivity index (χ0v) is 44.6. The van der Waals surface area contributed by atoms with E-state index in [0.717, 1.165) is 50.2 Å². The molecule has 76 heavy (non-hydrogen) atoms. The smallest absolute Gasteiger partial charge is 0.144 e. The van der Waals surface area contributed by atoms with E-state index in [1.807, 2.05) is 0 Å². The molecule has 0 spiro atoms. The molecular weight excluding hydrogens is 923 g/mol. The molecule has 0 atom stereocenters. The topological polar surface area (TPSA) is 29.5 Å². The Morgan fingerprint density at radius 3 is 1.50 bits per heavy atom. The maximum absolute atomic E-state index is 7.13. The van der Waals surface area contributed by atoms with Crippen molar-refractivity contribution in [3.63, 3.8) is 0 Å². The zero-order chi connectivity index (χ0) is 51.5. The first-order valence-corrected chi connectivity index (χ1v) is 27.2. The molecule has 0 bridgehead atoms. The fourth-order valence-corrected chi connectivity index (χ4v) is 15.2. The molecule has 0 radical (unpaired) electrons. The second-order valence-electron chi connectivity index (χ2n) is 24.4. The highest BCUT2D eigenvalue weighted by Crippen LogP contribution is 2.65. The Kier molecular flexibility index (Phi) is 8.38. The molecule has 4 aliphatic rings. The van der Waals surface area contributed by atoms with Gasteiger partial charge in [0.15, 0.2) is 0 Å². The van der Waals surface area contributed by atoms with Crippen LogP contribution in [-0.4, -0.2) is 0 Å². The first-order chi connectivity index (χ1) is 36.7. The van der Waals surface area contributed by atoms with Gasteiger partial charge in [0.25, 0.3) is 0 Å². The summed E-state index contributed by atoms with van der Waals surface area (Å²) in [5.74, 6) is 0. The van der Waals surface area contributed by atoms with E-state index < -0.39 is 0 Å². The van der Waals surface area contributed by atoms with Crippen molar-refractivity contribution in [3.05, 3.63) is 232 Å². The average Bonchev–Trinajstić information content (AvgIpc) is 4.42. The third-order valence-corrected chi connectivity index (χ3v) is 18.9. The molecule has 3 heteroatoms. The maximum atomic E-state index is 7.13. The van der Waals surface area contributed by atoms with Gasteiger partial charge in [-0.3, -0.25) is 0 Å². The van der Waals surface area contributed by atoms with Gasteiger partial charge in [0.05, 0.1) is 5.69 Å². The molecule has 3 nitrogen and oxygen atoms in total. The lowest BCUT2D eigenvalue weighted by atomic mass is 9.72. The van der Waals surface area contributed by atoms with E-state index in [9.17, 15) is 0 Å². The monoisotopic (exact) mass is 979 g/mol. The number of rotatable bonds is 4. The minimum atomic E-state index is -0.369. The van der Waals surface area contributed by atoms with Gasteiger partial charge < -0.3 is 13.7 Å². The van der Waals surface area contributed by atoms with Crippen molar-refractivity contribution in [1.82, 2.24) is 0 Å². The minimum Gasteiger partial charge on any atom is -0.455 e. The number of hydrogen-bond donors (Lipinski definition) is 0. The molecule has 16 rings (SSSR count). The summed E-state index contributed by atoms with van der Waals surface area (Å²) in [4.78, 5) is 2.58. The lowest BCUT2D eigenvalue weighted by molar-refractivity contribution is 0.600. The van der Waals surface area contributed by atoms with Crippen LogP contribution in [0.1, 0.15) is 105 Å². The van der Waals surface area contributed by atoms with Gasteiger partial charge >= 0.3 is 0 Å². The molecule has 0 unspecified atom stereocenters. The van der Waals surface area contributed by atoms with E-state index in [4.69, 9.17) is 8.83 Å². The number of nitrogens with zero attached hydrogens (tertiary/aromatic N) is 1. The molecule has 366 valence electrons. The van der Waals surface area contributed by atoms with Crippen molar-refractivity contribution in [2.75, 3.05) is 4.90 Å². The van der Waals surface area contributed by atoms with Gasteiger partial charge in [-0.2, -0.15) is 0 Å². The van der Waals surface area contributed by atoms with Crippen molar-refractivity contribution in [1.29, 1.82) is 0 Å². The van der Waals surface area contributed by atoms with Gasteiger partial charge in [0.1, 0.15) is 22.3 Å². The normalized spacial score (nSPS) is 16.1. The lowest BCUT2D eigenvalue weighted by Crippen LogP contribution is -2.24. The summed E-state index contributed by atoms with van der Waals surface area (Å²) < 4.78 is 14.0. The average molecular weight is 980 g/mol. The Morgan fingerprint density at radius 1 is 0.342 bits per heavy atom. The van der Waals surface area contributed by atoms with Crippen LogP contribution in [0.25, 0.3) is 99.5 Å². The summed E-state index contributed by atoms with van der Waals surface area (Å²) in [6.07, 6.45) is 0. The van der Waals surface area contributed by atoms with Gasteiger partial charge in [0, 0.05) is 71.3 Å². The Bertz CT molecular complexity index is 4590. The molecule has 2 aromatic heterocycles. The molecule has 0 fully saturated rings. The fraction of sp³-hybridized carbons (Fsp3) is 0.178. The van der Waals surface area contributed by atoms with Crippen molar-refractivity contribution in [3.8, 4) is 55.6 Å². The van der Waals surface area contributed by atoms with Crippen LogP contribution in [0.4, 0.5) is 17.1 Å². The van der Waals surface area contributed by atoms with Crippen LogP contribution < -0.4 is 4.90 Å². The molecule has 0 amide bonds. The first-order valence-electron chi connectivity index (χ1n) is 27.2. The molecule has 10 aromatic carbocycles. The summed E-state index contributed by atoms with van der Waals surface area (Å²) in [5, 5.41) is 4.75. The Balaban J connectivity index is 0.951. The molecule has 12 aromatic rings. The van der Waals surface area contributed by atoms with Crippen molar-refractivity contribution in [2.45, 2.75) is 84.0 Å². The van der Waals surface area contributed by atoms with Gasteiger partial charge in [-0.1, -0.05) is 194 Å². The summed E-state index contributed by atoms with van der Waals surface area (Å²) >= 11 is 0. The number of para-hydroxylation sites is 2. The first kappa shape index (κ1) is 43.9. The van der Waals surface area contributed by atoms with Gasteiger partial charge in [0.2, 0.25) is 0 Å². The molecule has 0 N–H and O–H groups in total. The van der Waals surface area contributed by atoms with E-state index in [2.05, 4.69) is 249 Å². The molecule has 2 heterocycles. The number of anilines is 3. The highest BCUT2D eigenvalue weighted by molar-refractivity contribution is 6.21. The van der Waals surface area contributed by atoms with E-state index >= 15 is 0 Å². The summed E-state index contributed by atoms with van der Waals surface area (Å²) in [7, 11) is 0. The predicted octanol–water partition coefficient (Wildman–Crippen LogP) is 20.2. The molecule has 4 aliphatic carbocycles. The molecular formula is C73H57NO2. The largest absolute Gasteiger partial charge is 0.455 e. The third kappa shape index (κ3) is 5.38. The standard InChI is InChI=1S/C73H57NO2/c1-40-29-31-41(32-30-40)50-39-56-61(63-48-21-12-16-27-58(48)75-68(50)63)46-35-33-42(37-54(46)71(56,4)5)74(57-26-18-25-53-60(57)44-19-10-14-23-51(44)70(53,2)3)43-34-36-47-55(38-43)73(8,9)67-65(47)69-64(49-22-13-17-28-59(49)76-69)62-45-20-11-15-24-52(45)72(6,7)66(62)67/h10-39H,1-9H3. The minimum absolute atomic E-state index is 0.173. The van der Waals surface area contributed by atoms with Gasteiger partial charge in [-0.15, -0.1) is 0 Å². The van der Waals surface area contributed by atoms with Crippen LogP contribution in [0, 0.1) is 6.92 Å². The summed E-state index contributed by atoms with van der Waals surface area (Å²) in [6, 6.07) is 68.4. The van der Waals surface area contributed by atoms with Gasteiger partial charge in [-0.25, -0.2) is 0 Å². The Morgan fingerprint density at radius 2 is 0.829 bits per heavy atom. The van der Waals surface area contributed by atoms with Crippen molar-refractivity contribution < 1.29 is 8.83 Å². The summed E-state index contributed by atoms with van der Waals surface area (Å²) in [6.45, 7) is 21.6. The van der Waals surface area contributed by atoms with Crippen LogP contribution in [0.15, 0.2) is 191 Å². The van der Waals surface area contributed by atoms with Crippen LogP contribution in [0.3, 0.4) is 0 Å². The number of fused-ring (bicyclic) bond motifs is 22. The number of hydrogen-bond acceptors (Lipinski definition) is 3. The number of aryl methyl sites for hydroxylation is 1. The van der Waals surface area contributed by atoms with Crippen LogP contribution >= 0.6 is 0 Å². The highest BCUT2D eigenvalue weighted by Gasteiger charge is 2.49. The van der Waals surface area contributed by atoms with Crippen LogP contribution in [0.2, 0.25) is 0 Å². The Hall–Kier alpha value is -8.40.